The fourth-order valence-corrected chi connectivity index (χ4v) is 4.11. The Labute approximate surface area is 117 Å². The Morgan fingerprint density at radius 1 is 1.16 bits per heavy atom. The molecule has 0 radical (unpaired) electrons. The second-order valence-corrected chi connectivity index (χ2v) is 6.60. The lowest BCUT2D eigenvalue weighted by molar-refractivity contribution is 0.100. The third-order valence-corrected chi connectivity index (χ3v) is 5.36. The lowest BCUT2D eigenvalue weighted by Gasteiger charge is -2.22. The monoisotopic (exact) mass is 279 g/mol. The van der Waals surface area contributed by atoms with Crippen molar-refractivity contribution in [3.05, 3.63) is 10.4 Å². The Morgan fingerprint density at radius 2 is 1.79 bits per heavy atom. The molecule has 4 nitrogen and oxygen atoms in total. The molecule has 3 rings (SSSR count). The molecule has 104 valence electrons. The molecule has 0 aromatic carbocycles. The van der Waals surface area contributed by atoms with Crippen LogP contribution in [0.1, 0.15) is 59.7 Å². The van der Waals surface area contributed by atoms with Gasteiger partial charge >= 0.3 is 0 Å². The van der Waals surface area contributed by atoms with E-state index in [2.05, 4.69) is 4.90 Å². The van der Waals surface area contributed by atoms with Gasteiger partial charge in [0.25, 0.3) is 5.91 Å². The topological polar surface area (TPSA) is 72.4 Å². The maximum Gasteiger partial charge on any atom is 0.260 e. The molecule has 19 heavy (non-hydrogen) atoms. The summed E-state index contributed by atoms with van der Waals surface area (Å²) in [4.78, 5) is 14.5. The van der Waals surface area contributed by atoms with E-state index in [0.29, 0.717) is 16.5 Å². The Hall–Kier alpha value is -1.23. The quantitative estimate of drug-likeness (QED) is 0.893. The van der Waals surface area contributed by atoms with Crippen LogP contribution < -0.4 is 16.4 Å². The second-order valence-electron chi connectivity index (χ2n) is 5.60. The van der Waals surface area contributed by atoms with Crippen molar-refractivity contribution in [3.63, 3.8) is 0 Å². The molecule has 1 aromatic heterocycles. The van der Waals surface area contributed by atoms with Gasteiger partial charge in [-0.2, -0.15) is 0 Å². The van der Waals surface area contributed by atoms with E-state index in [1.165, 1.54) is 60.4 Å². The molecule has 1 saturated carbocycles. The van der Waals surface area contributed by atoms with E-state index >= 15 is 0 Å². The summed E-state index contributed by atoms with van der Waals surface area (Å²) in [6.07, 6.45) is 7.46. The van der Waals surface area contributed by atoms with E-state index in [1.54, 1.807) is 0 Å². The average molecular weight is 279 g/mol. The van der Waals surface area contributed by atoms with Crippen LogP contribution in [-0.2, 0) is 0 Å². The van der Waals surface area contributed by atoms with Gasteiger partial charge < -0.3 is 16.4 Å². The Kier molecular flexibility index (Phi) is 3.39. The van der Waals surface area contributed by atoms with Crippen molar-refractivity contribution in [2.24, 2.45) is 5.73 Å². The highest BCUT2D eigenvalue weighted by atomic mass is 32.1. The minimum Gasteiger partial charge on any atom is -0.397 e. The van der Waals surface area contributed by atoms with Crippen molar-refractivity contribution in [1.82, 2.24) is 0 Å². The zero-order valence-corrected chi connectivity index (χ0v) is 12.0. The number of hydrogen-bond donors (Lipinski definition) is 2. The van der Waals surface area contributed by atoms with Crippen LogP contribution in [0.4, 0.5) is 10.7 Å². The zero-order chi connectivity index (χ0) is 13.4. The number of rotatable bonds is 3. The number of anilines is 2. The van der Waals surface area contributed by atoms with Crippen LogP contribution in [0.5, 0.6) is 0 Å². The van der Waals surface area contributed by atoms with Crippen LogP contribution in [0, 0.1) is 0 Å². The number of carbonyl (C=O) groups excluding carboxylic acids is 1. The molecule has 0 bridgehead atoms. The third-order valence-electron chi connectivity index (χ3n) is 4.07. The standard InChI is InChI=1S/C14H21N3OS/c15-11-10(9-5-6-9)14(19-12(11)13(16)18)17-7-3-1-2-4-8-17/h9H,1-8,15H2,(H2,16,18). The summed E-state index contributed by atoms with van der Waals surface area (Å²) >= 11 is 1.50. The van der Waals surface area contributed by atoms with E-state index in [1.807, 2.05) is 0 Å². The Bertz CT molecular complexity index is 485. The molecule has 2 heterocycles. The average Bonchev–Trinajstić information content (AvgIpc) is 3.17. The van der Waals surface area contributed by atoms with Gasteiger partial charge in [-0.05, 0) is 31.6 Å². The van der Waals surface area contributed by atoms with Crippen molar-refractivity contribution >= 4 is 27.9 Å². The normalized spacial score (nSPS) is 20.3. The SMILES string of the molecule is NC(=O)c1sc(N2CCCCCC2)c(C2CC2)c1N. The molecule has 2 fully saturated rings. The van der Waals surface area contributed by atoms with Gasteiger partial charge in [0.05, 0.1) is 10.7 Å². The predicted octanol–water partition coefficient (Wildman–Crippen LogP) is 2.69. The van der Waals surface area contributed by atoms with E-state index in [9.17, 15) is 4.79 Å². The van der Waals surface area contributed by atoms with Crippen LogP contribution in [0.2, 0.25) is 0 Å². The van der Waals surface area contributed by atoms with Gasteiger partial charge in [0.1, 0.15) is 4.88 Å². The van der Waals surface area contributed by atoms with E-state index < -0.39 is 0 Å². The van der Waals surface area contributed by atoms with E-state index in [-0.39, 0.29) is 5.91 Å². The van der Waals surface area contributed by atoms with Gasteiger partial charge in [-0.15, -0.1) is 11.3 Å². The number of nitrogens with two attached hydrogens (primary N) is 2. The number of amides is 1. The molecule has 1 aliphatic heterocycles. The van der Waals surface area contributed by atoms with Crippen molar-refractivity contribution in [2.75, 3.05) is 23.7 Å². The molecular formula is C14H21N3OS. The van der Waals surface area contributed by atoms with Crippen LogP contribution in [0.15, 0.2) is 0 Å². The number of primary amides is 1. The first-order valence-corrected chi connectivity index (χ1v) is 7.97. The third kappa shape index (κ3) is 2.43. The molecule has 0 atom stereocenters. The summed E-state index contributed by atoms with van der Waals surface area (Å²) < 4.78 is 0. The van der Waals surface area contributed by atoms with Gasteiger partial charge in [0, 0.05) is 18.7 Å². The van der Waals surface area contributed by atoms with Crippen molar-refractivity contribution < 1.29 is 4.79 Å². The maximum atomic E-state index is 11.5. The van der Waals surface area contributed by atoms with Gasteiger partial charge in [0.2, 0.25) is 0 Å². The molecular weight excluding hydrogens is 258 g/mol. The predicted molar refractivity (Wildman–Crippen MR) is 79.9 cm³/mol. The van der Waals surface area contributed by atoms with Crippen LogP contribution >= 0.6 is 11.3 Å². The first-order valence-electron chi connectivity index (χ1n) is 7.15. The largest absolute Gasteiger partial charge is 0.397 e. The number of nitrogens with zero attached hydrogens (tertiary/aromatic N) is 1. The number of hydrogen-bond acceptors (Lipinski definition) is 4. The van der Waals surface area contributed by atoms with E-state index in [0.717, 1.165) is 13.1 Å². The first kappa shape index (κ1) is 12.8. The summed E-state index contributed by atoms with van der Waals surface area (Å²) in [5.74, 6) is 0.174. The molecule has 4 N–H and O–H groups in total. The number of thiophene rings is 1. The molecule has 1 aromatic rings. The summed E-state index contributed by atoms with van der Waals surface area (Å²) in [5.41, 5.74) is 13.5. The highest BCUT2D eigenvalue weighted by molar-refractivity contribution is 7.18. The molecule has 1 saturated heterocycles. The Morgan fingerprint density at radius 3 is 2.32 bits per heavy atom. The van der Waals surface area contributed by atoms with Crippen molar-refractivity contribution in [1.29, 1.82) is 0 Å². The lowest BCUT2D eigenvalue weighted by atomic mass is 10.1. The van der Waals surface area contributed by atoms with Gasteiger partial charge in [-0.3, -0.25) is 4.79 Å². The summed E-state index contributed by atoms with van der Waals surface area (Å²) in [5, 5.41) is 1.22. The van der Waals surface area contributed by atoms with E-state index in [4.69, 9.17) is 11.5 Å². The van der Waals surface area contributed by atoms with Crippen molar-refractivity contribution in [3.8, 4) is 0 Å². The van der Waals surface area contributed by atoms with Gasteiger partial charge in [-0.25, -0.2) is 0 Å². The minimum atomic E-state index is -0.384. The highest BCUT2D eigenvalue weighted by Crippen LogP contribution is 2.52. The Balaban J connectivity index is 1.98. The molecule has 0 unspecified atom stereocenters. The van der Waals surface area contributed by atoms with Gasteiger partial charge in [0.15, 0.2) is 0 Å². The lowest BCUT2D eigenvalue weighted by Crippen LogP contribution is -2.23. The summed E-state index contributed by atoms with van der Waals surface area (Å²) in [7, 11) is 0. The first-order chi connectivity index (χ1) is 9.18. The molecule has 5 heteroatoms. The summed E-state index contributed by atoms with van der Waals surface area (Å²) in [6, 6.07) is 0. The van der Waals surface area contributed by atoms with Crippen molar-refractivity contribution in [2.45, 2.75) is 44.4 Å². The molecule has 1 aliphatic carbocycles. The summed E-state index contributed by atoms with van der Waals surface area (Å²) in [6.45, 7) is 2.16. The molecule has 0 spiro atoms. The maximum absolute atomic E-state index is 11.5. The highest BCUT2D eigenvalue weighted by Gasteiger charge is 2.34. The van der Waals surface area contributed by atoms with Crippen LogP contribution in [-0.4, -0.2) is 19.0 Å². The van der Waals surface area contributed by atoms with Gasteiger partial charge in [-0.1, -0.05) is 12.8 Å². The smallest absolute Gasteiger partial charge is 0.260 e. The fraction of sp³-hybridized carbons (Fsp3) is 0.643. The number of nitrogen functional groups attached to an aromatic ring is 1. The van der Waals surface area contributed by atoms with Crippen LogP contribution in [0.3, 0.4) is 0 Å². The fourth-order valence-electron chi connectivity index (χ4n) is 2.90. The van der Waals surface area contributed by atoms with Crippen LogP contribution in [0.25, 0.3) is 0 Å². The minimum absolute atomic E-state index is 0.384. The molecule has 1 amide bonds. The zero-order valence-electron chi connectivity index (χ0n) is 11.2. The number of carbonyl (C=O) groups is 1. The second kappa shape index (κ2) is 5.04. The molecule has 2 aliphatic rings.